The molecule has 142 valence electrons. The van der Waals surface area contributed by atoms with Gasteiger partial charge in [0.2, 0.25) is 9.84 Å². The summed E-state index contributed by atoms with van der Waals surface area (Å²) in [4.78, 5) is 14.7. The molecule has 1 atom stereocenters. The minimum Gasteiger partial charge on any atom is -0.497 e. The molecule has 6 heteroatoms. The number of hydrogen-bond acceptors (Lipinski definition) is 4. The third-order valence-electron chi connectivity index (χ3n) is 4.88. The van der Waals surface area contributed by atoms with Gasteiger partial charge in [-0.15, -0.1) is 0 Å². The smallest absolute Gasteiger partial charge is 0.255 e. The van der Waals surface area contributed by atoms with Crippen molar-refractivity contribution in [2.45, 2.75) is 16.8 Å². The van der Waals surface area contributed by atoms with Crippen LogP contribution in [0.5, 0.6) is 5.75 Å². The molecule has 1 amide bonds. The van der Waals surface area contributed by atoms with Gasteiger partial charge in [0, 0.05) is 17.7 Å². The van der Waals surface area contributed by atoms with Crippen LogP contribution in [0.1, 0.15) is 26.9 Å². The van der Waals surface area contributed by atoms with Gasteiger partial charge in [-0.3, -0.25) is 4.79 Å². The highest BCUT2D eigenvalue weighted by Crippen LogP contribution is 2.41. The van der Waals surface area contributed by atoms with E-state index < -0.39 is 15.2 Å². The molecule has 4 rings (SSSR count). The van der Waals surface area contributed by atoms with Gasteiger partial charge in [0.1, 0.15) is 5.75 Å². The van der Waals surface area contributed by atoms with Gasteiger partial charge in [-0.1, -0.05) is 48.5 Å². The maximum atomic E-state index is 13.4. The van der Waals surface area contributed by atoms with Gasteiger partial charge in [-0.05, 0) is 35.9 Å². The number of carbonyl (C=O) groups is 1. The molecule has 0 N–H and O–H groups in total. The van der Waals surface area contributed by atoms with Crippen molar-refractivity contribution in [3.8, 4) is 5.75 Å². The number of rotatable bonds is 5. The van der Waals surface area contributed by atoms with Gasteiger partial charge in [0.05, 0.1) is 12.0 Å². The second kappa shape index (κ2) is 7.13. The molecule has 0 bridgehead atoms. The second-order valence-electron chi connectivity index (χ2n) is 6.58. The van der Waals surface area contributed by atoms with Crippen LogP contribution in [0.15, 0.2) is 83.8 Å². The average molecular weight is 393 g/mol. The molecule has 0 aliphatic carbocycles. The Balaban J connectivity index is 1.78. The number of fused-ring (bicyclic) bond motifs is 1. The lowest BCUT2D eigenvalue weighted by Gasteiger charge is -2.25. The van der Waals surface area contributed by atoms with Crippen LogP contribution < -0.4 is 4.74 Å². The van der Waals surface area contributed by atoms with Crippen LogP contribution in [0.3, 0.4) is 0 Å². The molecular weight excluding hydrogens is 374 g/mol. The summed E-state index contributed by atoms with van der Waals surface area (Å²) in [6, 6.07) is 22.4. The van der Waals surface area contributed by atoms with E-state index in [2.05, 4.69) is 0 Å². The Morgan fingerprint density at radius 3 is 2.21 bits per heavy atom. The lowest BCUT2D eigenvalue weighted by atomic mass is 10.1. The molecule has 1 aliphatic heterocycles. The van der Waals surface area contributed by atoms with Crippen LogP contribution >= 0.6 is 0 Å². The van der Waals surface area contributed by atoms with Gasteiger partial charge < -0.3 is 9.64 Å². The number of methoxy groups -OCH3 is 1. The summed E-state index contributed by atoms with van der Waals surface area (Å²) in [6.45, 7) is 0.189. The quantitative estimate of drug-likeness (QED) is 0.661. The molecule has 0 spiro atoms. The number of carbonyl (C=O) groups excluding carboxylic acids is 1. The van der Waals surface area contributed by atoms with Gasteiger partial charge in [-0.2, -0.15) is 0 Å². The topological polar surface area (TPSA) is 63.7 Å². The van der Waals surface area contributed by atoms with Gasteiger partial charge >= 0.3 is 0 Å². The van der Waals surface area contributed by atoms with Gasteiger partial charge in [-0.25, -0.2) is 8.42 Å². The third-order valence-corrected chi connectivity index (χ3v) is 6.90. The van der Waals surface area contributed by atoms with E-state index in [1.54, 1.807) is 73.8 Å². The second-order valence-corrected chi connectivity index (χ2v) is 8.59. The minimum atomic E-state index is -3.79. The first-order chi connectivity index (χ1) is 13.5. The monoisotopic (exact) mass is 393 g/mol. The number of sulfone groups is 1. The molecule has 3 aromatic rings. The summed E-state index contributed by atoms with van der Waals surface area (Å²) in [5.74, 6) is 0.421. The molecule has 0 radical (unpaired) electrons. The van der Waals surface area contributed by atoms with Crippen molar-refractivity contribution in [3.63, 3.8) is 0 Å². The number of ether oxygens (including phenoxy) is 1. The summed E-state index contributed by atoms with van der Waals surface area (Å²) in [6.07, 6.45) is 0. The number of nitrogens with zero attached hydrogens (tertiary/aromatic N) is 1. The zero-order valence-corrected chi connectivity index (χ0v) is 16.1. The highest BCUT2D eigenvalue weighted by molar-refractivity contribution is 7.91. The van der Waals surface area contributed by atoms with Gasteiger partial charge in [0.25, 0.3) is 5.91 Å². The van der Waals surface area contributed by atoms with Crippen molar-refractivity contribution < 1.29 is 17.9 Å². The van der Waals surface area contributed by atoms with E-state index in [0.717, 1.165) is 5.56 Å². The maximum Gasteiger partial charge on any atom is 0.255 e. The summed E-state index contributed by atoms with van der Waals surface area (Å²) in [7, 11) is -2.21. The zero-order chi connectivity index (χ0) is 19.7. The number of amides is 1. The van der Waals surface area contributed by atoms with E-state index in [4.69, 9.17) is 4.74 Å². The third kappa shape index (κ3) is 3.05. The Hall–Kier alpha value is -3.12. The predicted molar refractivity (Wildman–Crippen MR) is 106 cm³/mol. The lowest BCUT2D eigenvalue weighted by molar-refractivity contribution is 0.0756. The Bertz CT molecular complexity index is 1110. The van der Waals surface area contributed by atoms with Gasteiger partial charge in [0.15, 0.2) is 5.37 Å². The number of hydrogen-bond donors (Lipinski definition) is 0. The van der Waals surface area contributed by atoms with E-state index in [0.29, 0.717) is 16.9 Å². The Kier molecular flexibility index (Phi) is 4.65. The average Bonchev–Trinajstić information content (AvgIpc) is 3.02. The molecule has 0 saturated heterocycles. The highest BCUT2D eigenvalue weighted by Gasteiger charge is 2.44. The molecule has 5 nitrogen and oxygen atoms in total. The molecule has 0 fully saturated rings. The standard InChI is InChI=1S/C22H19NO4S/c1-27-17-13-11-16(12-14-17)15-23-21(24)19-9-5-6-10-20(19)22(23)28(25,26)18-7-3-2-4-8-18/h2-14,22H,15H2,1H3. The number of benzene rings is 3. The van der Waals surface area contributed by atoms with E-state index in [1.165, 1.54) is 4.90 Å². The van der Waals surface area contributed by atoms with E-state index >= 15 is 0 Å². The first-order valence-electron chi connectivity index (χ1n) is 8.84. The molecule has 0 saturated carbocycles. The van der Waals surface area contributed by atoms with E-state index in [9.17, 15) is 13.2 Å². The van der Waals surface area contributed by atoms with Crippen molar-refractivity contribution >= 4 is 15.7 Å². The van der Waals surface area contributed by atoms with Crippen LogP contribution in [-0.4, -0.2) is 26.3 Å². The van der Waals surface area contributed by atoms with Crippen molar-refractivity contribution in [1.29, 1.82) is 0 Å². The first kappa shape index (κ1) is 18.3. The van der Waals surface area contributed by atoms with Crippen molar-refractivity contribution in [2.75, 3.05) is 7.11 Å². The largest absolute Gasteiger partial charge is 0.497 e. The molecule has 0 aromatic heterocycles. The summed E-state index contributed by atoms with van der Waals surface area (Å²) in [5, 5.41) is -1.05. The van der Waals surface area contributed by atoms with E-state index in [-0.39, 0.29) is 17.3 Å². The fourth-order valence-electron chi connectivity index (χ4n) is 3.49. The zero-order valence-electron chi connectivity index (χ0n) is 15.3. The van der Waals surface area contributed by atoms with Crippen molar-refractivity contribution in [1.82, 2.24) is 4.90 Å². The Morgan fingerprint density at radius 2 is 1.54 bits per heavy atom. The first-order valence-corrected chi connectivity index (χ1v) is 10.4. The van der Waals surface area contributed by atoms with Crippen molar-refractivity contribution in [2.24, 2.45) is 0 Å². The molecule has 1 heterocycles. The molecular formula is C22H19NO4S. The molecule has 1 unspecified atom stereocenters. The molecule has 3 aromatic carbocycles. The highest BCUT2D eigenvalue weighted by atomic mass is 32.2. The summed E-state index contributed by atoms with van der Waals surface area (Å²) >= 11 is 0. The maximum absolute atomic E-state index is 13.4. The summed E-state index contributed by atoms with van der Waals surface area (Å²) < 4.78 is 32.0. The predicted octanol–water partition coefficient (Wildman–Crippen LogP) is 3.82. The Morgan fingerprint density at radius 1 is 0.893 bits per heavy atom. The lowest BCUT2D eigenvalue weighted by Crippen LogP contribution is -2.32. The molecule has 1 aliphatic rings. The molecule has 28 heavy (non-hydrogen) atoms. The van der Waals surface area contributed by atoms with Crippen molar-refractivity contribution in [3.05, 3.63) is 95.6 Å². The fourth-order valence-corrected chi connectivity index (χ4v) is 5.33. The normalized spacial score (nSPS) is 16.1. The van der Waals surface area contributed by atoms with E-state index in [1.807, 2.05) is 12.1 Å². The van der Waals surface area contributed by atoms with Crippen LogP contribution in [0.4, 0.5) is 0 Å². The van der Waals surface area contributed by atoms with Crippen LogP contribution in [-0.2, 0) is 16.4 Å². The van der Waals surface area contributed by atoms with Crippen LogP contribution in [0.25, 0.3) is 0 Å². The SMILES string of the molecule is COc1ccc(CN2C(=O)c3ccccc3C2S(=O)(=O)c2ccccc2)cc1. The summed E-state index contributed by atoms with van der Waals surface area (Å²) in [5.41, 5.74) is 1.78. The minimum absolute atomic E-state index is 0.189. The van der Waals surface area contributed by atoms with Crippen LogP contribution in [0.2, 0.25) is 0 Å². The van der Waals surface area contributed by atoms with Crippen LogP contribution in [0, 0.1) is 0 Å². The fraction of sp³-hybridized carbons (Fsp3) is 0.136. The Labute approximate surface area is 164 Å².